The van der Waals surface area contributed by atoms with E-state index >= 15 is 0 Å². The molecule has 0 amide bonds. The number of esters is 1. The SMILES string of the molecule is CCCCCC(=O)SCC(=O)OCC(=O)C1(O)Cc2c(O)c3c(c(O)c2C(OC2CC(N)C(O)C(C)O2)C1)C(=O)c1c(OC)cccc1C3=O. The van der Waals surface area contributed by atoms with Crippen LogP contribution < -0.4 is 10.5 Å². The normalized spacial score (nSPS) is 25.7. The van der Waals surface area contributed by atoms with Crippen LogP contribution in [0.3, 0.4) is 0 Å². The molecule has 0 bridgehead atoms. The monoisotopic (exact) mass is 715 g/mol. The van der Waals surface area contributed by atoms with Gasteiger partial charge in [0.15, 0.2) is 23.8 Å². The number of thioether (sulfide) groups is 1. The predicted molar refractivity (Wildman–Crippen MR) is 177 cm³/mol. The number of phenolic OH excluding ortho intramolecular Hbond substituents is 2. The van der Waals surface area contributed by atoms with Gasteiger partial charge in [0, 0.05) is 48.4 Å². The number of hydrogen-bond acceptors (Lipinski definition) is 15. The van der Waals surface area contributed by atoms with Crippen molar-refractivity contribution in [2.45, 2.75) is 95.0 Å². The van der Waals surface area contributed by atoms with Gasteiger partial charge in [-0.25, -0.2) is 0 Å². The number of nitrogens with two attached hydrogens (primary N) is 1. The van der Waals surface area contributed by atoms with Crippen LogP contribution in [0.4, 0.5) is 0 Å². The summed E-state index contributed by atoms with van der Waals surface area (Å²) >= 11 is 0.769. The second kappa shape index (κ2) is 15.2. The summed E-state index contributed by atoms with van der Waals surface area (Å²) in [5.41, 5.74) is 2.08. The van der Waals surface area contributed by atoms with E-state index in [9.17, 15) is 44.4 Å². The Morgan fingerprint density at radius 1 is 1.08 bits per heavy atom. The number of Topliss-reactive ketones (excluding diaryl/α,β-unsaturated/α-hetero) is 1. The van der Waals surface area contributed by atoms with Crippen LogP contribution in [0.1, 0.15) is 101 Å². The summed E-state index contributed by atoms with van der Waals surface area (Å²) in [7, 11) is 1.31. The maximum absolute atomic E-state index is 13.9. The highest BCUT2D eigenvalue weighted by atomic mass is 32.2. The predicted octanol–water partition coefficient (Wildman–Crippen LogP) is 2.39. The zero-order chi connectivity index (χ0) is 36.5. The van der Waals surface area contributed by atoms with Gasteiger partial charge < -0.3 is 45.1 Å². The van der Waals surface area contributed by atoms with Gasteiger partial charge in [-0.2, -0.15) is 0 Å². The van der Waals surface area contributed by atoms with Gasteiger partial charge in [-0.3, -0.25) is 24.0 Å². The molecule has 2 aromatic carbocycles. The first-order chi connectivity index (χ1) is 23.7. The third-order valence-electron chi connectivity index (χ3n) is 9.36. The minimum Gasteiger partial charge on any atom is -0.507 e. The summed E-state index contributed by atoms with van der Waals surface area (Å²) in [6.07, 6.45) is -2.80. The number of carbonyl (C=O) groups excluding carboxylic acids is 5. The van der Waals surface area contributed by atoms with Gasteiger partial charge in [0.1, 0.15) is 22.8 Å². The van der Waals surface area contributed by atoms with Crippen molar-refractivity contribution < 1.29 is 63.3 Å². The van der Waals surface area contributed by atoms with E-state index in [0.717, 1.165) is 24.6 Å². The van der Waals surface area contributed by atoms with Crippen molar-refractivity contribution >= 4 is 40.2 Å². The van der Waals surface area contributed by atoms with E-state index in [4.69, 9.17) is 24.7 Å². The Balaban J connectivity index is 1.48. The Labute approximate surface area is 292 Å². The Bertz CT molecular complexity index is 1700. The average Bonchev–Trinajstić information content (AvgIpc) is 3.08. The molecular weight excluding hydrogens is 674 g/mol. The Kier molecular flexibility index (Phi) is 11.3. The van der Waals surface area contributed by atoms with Crippen LogP contribution in [0.5, 0.6) is 17.2 Å². The smallest absolute Gasteiger partial charge is 0.316 e. The fourth-order valence-corrected chi connectivity index (χ4v) is 7.31. The standard InChI is InChI=1S/C35H41NO13S/c1-4-5-6-10-24(39)50-15-23(38)47-14-22(37)35(45)12-18-27(21(13-35)49-25-11-19(36)30(40)16(2)48-25)34(44)29-28(32(18)42)31(41)17-8-7-9-20(46-3)26(17)33(29)43/h7-9,16,19,21,25,30,40,42,44-45H,4-6,10-15,36H2,1-3H3. The Morgan fingerprint density at radius 3 is 2.48 bits per heavy atom. The third-order valence-corrected chi connectivity index (χ3v) is 10.3. The van der Waals surface area contributed by atoms with Crippen LogP contribution in [0.15, 0.2) is 18.2 Å². The molecule has 1 heterocycles. The topological polar surface area (TPSA) is 229 Å². The molecule has 2 aliphatic carbocycles. The molecule has 6 atom stereocenters. The lowest BCUT2D eigenvalue weighted by molar-refractivity contribution is -0.247. The molecule has 50 heavy (non-hydrogen) atoms. The van der Waals surface area contributed by atoms with E-state index in [1.807, 2.05) is 6.92 Å². The van der Waals surface area contributed by atoms with E-state index in [2.05, 4.69) is 0 Å². The number of aromatic hydroxyl groups is 2. The van der Waals surface area contributed by atoms with Crippen LogP contribution in [0.25, 0.3) is 0 Å². The number of aliphatic hydroxyl groups excluding tert-OH is 1. The van der Waals surface area contributed by atoms with E-state index < -0.39 is 102 Å². The summed E-state index contributed by atoms with van der Waals surface area (Å²) in [6.45, 7) is 2.67. The van der Waals surface area contributed by atoms with Crippen LogP contribution in [-0.4, -0.2) is 98.5 Å². The van der Waals surface area contributed by atoms with Crippen LogP contribution in [0.2, 0.25) is 0 Å². The number of ether oxygens (including phenoxy) is 4. The first-order valence-corrected chi connectivity index (χ1v) is 17.4. The van der Waals surface area contributed by atoms with Gasteiger partial charge in [-0.15, -0.1) is 0 Å². The minimum atomic E-state index is -2.37. The van der Waals surface area contributed by atoms with Crippen molar-refractivity contribution in [2.75, 3.05) is 19.5 Å². The molecule has 0 aromatic heterocycles. The average molecular weight is 716 g/mol. The maximum atomic E-state index is 13.9. The van der Waals surface area contributed by atoms with Crippen LogP contribution in [-0.2, 0) is 35.0 Å². The summed E-state index contributed by atoms with van der Waals surface area (Å²) in [5, 5.41) is 45.2. The van der Waals surface area contributed by atoms with E-state index in [1.54, 1.807) is 6.92 Å². The van der Waals surface area contributed by atoms with Gasteiger partial charge in [0.05, 0.1) is 47.9 Å². The molecule has 2 aromatic rings. The maximum Gasteiger partial charge on any atom is 0.316 e. The number of benzene rings is 2. The molecule has 6 N–H and O–H groups in total. The van der Waals surface area contributed by atoms with Crippen LogP contribution in [0, 0.1) is 0 Å². The Morgan fingerprint density at radius 2 is 1.80 bits per heavy atom. The number of hydrogen-bond donors (Lipinski definition) is 5. The quantitative estimate of drug-likeness (QED) is 0.103. The van der Waals surface area contributed by atoms with Crippen molar-refractivity contribution in [2.24, 2.45) is 5.73 Å². The van der Waals surface area contributed by atoms with E-state index in [-0.39, 0.29) is 45.3 Å². The first-order valence-electron chi connectivity index (χ1n) is 16.4. The summed E-state index contributed by atoms with van der Waals surface area (Å²) < 4.78 is 22.3. The van der Waals surface area contributed by atoms with Gasteiger partial charge >= 0.3 is 5.97 Å². The lowest BCUT2D eigenvalue weighted by atomic mass is 9.72. The molecule has 6 unspecified atom stereocenters. The molecule has 0 radical (unpaired) electrons. The van der Waals surface area contributed by atoms with Crippen molar-refractivity contribution in [3.8, 4) is 17.2 Å². The number of fused-ring (bicyclic) bond motifs is 3. The third kappa shape index (κ3) is 7.16. The molecule has 1 fully saturated rings. The van der Waals surface area contributed by atoms with Gasteiger partial charge in [0.25, 0.3) is 0 Å². The number of rotatable bonds is 12. The molecule has 0 spiro atoms. The largest absolute Gasteiger partial charge is 0.507 e. The van der Waals surface area contributed by atoms with Crippen molar-refractivity contribution in [3.63, 3.8) is 0 Å². The molecule has 1 saturated heterocycles. The van der Waals surface area contributed by atoms with Gasteiger partial charge in [-0.1, -0.05) is 43.7 Å². The summed E-state index contributed by atoms with van der Waals surface area (Å²) in [5.74, 6) is -5.17. The highest BCUT2D eigenvalue weighted by Gasteiger charge is 2.50. The molecular formula is C35H41NO13S. The molecule has 14 nitrogen and oxygen atoms in total. The molecule has 1 aliphatic heterocycles. The lowest BCUT2D eigenvalue weighted by Gasteiger charge is -2.42. The summed E-state index contributed by atoms with van der Waals surface area (Å²) in [6, 6.07) is 3.54. The number of ketones is 3. The number of methoxy groups -OCH3 is 1. The van der Waals surface area contributed by atoms with Crippen molar-refractivity contribution in [1.82, 2.24) is 0 Å². The van der Waals surface area contributed by atoms with E-state index in [1.165, 1.54) is 25.3 Å². The molecule has 270 valence electrons. The van der Waals surface area contributed by atoms with Gasteiger partial charge in [-0.05, 0) is 19.4 Å². The number of unbranched alkanes of at least 4 members (excludes halogenated alkanes) is 2. The number of carbonyl (C=O) groups is 5. The van der Waals surface area contributed by atoms with Gasteiger partial charge in [0.2, 0.25) is 11.6 Å². The minimum absolute atomic E-state index is 0.0319. The van der Waals surface area contributed by atoms with Crippen LogP contribution >= 0.6 is 11.8 Å². The highest BCUT2D eigenvalue weighted by molar-refractivity contribution is 8.14. The highest BCUT2D eigenvalue weighted by Crippen LogP contribution is 2.52. The number of phenols is 2. The molecule has 0 saturated carbocycles. The fourth-order valence-electron chi connectivity index (χ4n) is 6.66. The van der Waals surface area contributed by atoms with Crippen molar-refractivity contribution in [3.05, 3.63) is 51.6 Å². The number of aliphatic hydroxyl groups is 2. The van der Waals surface area contributed by atoms with Crippen molar-refractivity contribution in [1.29, 1.82) is 0 Å². The first kappa shape index (κ1) is 37.4. The van der Waals surface area contributed by atoms with E-state index in [0.29, 0.717) is 12.8 Å². The second-order valence-electron chi connectivity index (χ2n) is 12.8. The zero-order valence-corrected chi connectivity index (χ0v) is 28.7. The molecule has 15 heteroatoms. The second-order valence-corrected chi connectivity index (χ2v) is 13.8. The molecule has 3 aliphatic rings. The molecule has 5 rings (SSSR count). The lowest BCUT2D eigenvalue weighted by Crippen LogP contribution is -2.53. The fraction of sp³-hybridized carbons (Fsp3) is 0.514. The Hall–Kier alpha value is -3.86. The zero-order valence-electron chi connectivity index (χ0n) is 27.9. The summed E-state index contributed by atoms with van der Waals surface area (Å²) in [4.78, 5) is 65.6.